The Labute approximate surface area is 189 Å². The maximum Gasteiger partial charge on any atom is 0.261 e. The zero-order chi connectivity index (χ0) is 21.5. The molecule has 0 atom stereocenters. The number of thiazole rings is 1. The summed E-state index contributed by atoms with van der Waals surface area (Å²) in [5.41, 5.74) is 5.23. The van der Waals surface area contributed by atoms with Gasteiger partial charge in [-0.2, -0.15) is 10.1 Å². The van der Waals surface area contributed by atoms with E-state index in [9.17, 15) is 4.79 Å². The average molecular weight is 452 g/mol. The Hall–Kier alpha value is -2.71. The summed E-state index contributed by atoms with van der Waals surface area (Å²) in [5, 5.41) is 10.9. The summed E-state index contributed by atoms with van der Waals surface area (Å²) < 4.78 is 3.09. The van der Waals surface area contributed by atoms with Gasteiger partial charge in [-0.1, -0.05) is 23.5 Å². The van der Waals surface area contributed by atoms with Gasteiger partial charge in [0.2, 0.25) is 0 Å². The number of rotatable bonds is 4. The third kappa shape index (κ3) is 3.85. The second kappa shape index (κ2) is 8.09. The molecule has 160 valence electrons. The van der Waals surface area contributed by atoms with Crippen LogP contribution in [0.25, 0.3) is 16.0 Å². The number of aromatic nitrogens is 3. The standard InChI is InChI=1S/C23H25N5OS2/c1-14-5-4-6-18(13-14)28-21-20(16(3)26-28)31-23(25-21)27-10-7-17(8-11-27)24-22(29)19-15(2)9-12-30-19/h4-6,9,12-13,17H,7-8,10-11H2,1-3H3,(H,24,29). The number of carbonyl (C=O) groups is 1. The summed E-state index contributed by atoms with van der Waals surface area (Å²) >= 11 is 3.22. The van der Waals surface area contributed by atoms with Crippen molar-refractivity contribution >= 4 is 44.1 Å². The highest BCUT2D eigenvalue weighted by molar-refractivity contribution is 7.22. The molecule has 0 radical (unpaired) electrons. The molecule has 3 aromatic heterocycles. The van der Waals surface area contributed by atoms with Crippen LogP contribution in [0.4, 0.5) is 5.13 Å². The normalized spacial score (nSPS) is 15.0. The maximum absolute atomic E-state index is 12.5. The van der Waals surface area contributed by atoms with Crippen LogP contribution in [0, 0.1) is 20.8 Å². The van der Waals surface area contributed by atoms with E-state index >= 15 is 0 Å². The van der Waals surface area contributed by atoms with Crippen LogP contribution in [0.3, 0.4) is 0 Å². The summed E-state index contributed by atoms with van der Waals surface area (Å²) in [6.07, 6.45) is 1.85. The first-order chi connectivity index (χ1) is 15.0. The number of amides is 1. The fourth-order valence-corrected chi connectivity index (χ4v) is 5.94. The van der Waals surface area contributed by atoms with Crippen LogP contribution in [0.15, 0.2) is 35.7 Å². The highest BCUT2D eigenvalue weighted by atomic mass is 32.1. The Bertz CT molecular complexity index is 1250. The van der Waals surface area contributed by atoms with Crippen molar-refractivity contribution in [3.63, 3.8) is 0 Å². The number of aryl methyl sites for hydroxylation is 3. The van der Waals surface area contributed by atoms with Crippen LogP contribution in [-0.4, -0.2) is 39.8 Å². The quantitative estimate of drug-likeness (QED) is 0.481. The first kappa shape index (κ1) is 20.2. The monoisotopic (exact) mass is 451 g/mol. The zero-order valence-corrected chi connectivity index (χ0v) is 19.5. The Morgan fingerprint density at radius 2 is 1.97 bits per heavy atom. The van der Waals surface area contributed by atoms with Crippen molar-refractivity contribution in [2.45, 2.75) is 39.7 Å². The van der Waals surface area contributed by atoms with Crippen molar-refractivity contribution in [1.82, 2.24) is 20.1 Å². The molecule has 1 aromatic carbocycles. The number of anilines is 1. The summed E-state index contributed by atoms with van der Waals surface area (Å²) in [7, 11) is 0. The molecule has 5 rings (SSSR count). The minimum atomic E-state index is 0.0554. The van der Waals surface area contributed by atoms with Crippen LogP contribution in [-0.2, 0) is 0 Å². The van der Waals surface area contributed by atoms with Gasteiger partial charge in [0.05, 0.1) is 21.0 Å². The molecule has 4 heterocycles. The van der Waals surface area contributed by atoms with E-state index in [1.807, 2.05) is 30.0 Å². The average Bonchev–Trinajstić information content (AvgIpc) is 3.45. The SMILES string of the molecule is Cc1cccc(-n2nc(C)c3sc(N4CCC(NC(=O)c5sccc5C)CC4)nc32)c1. The van der Waals surface area contributed by atoms with Crippen molar-refractivity contribution in [2.24, 2.45) is 0 Å². The molecule has 8 heteroatoms. The van der Waals surface area contributed by atoms with Gasteiger partial charge in [0.25, 0.3) is 5.91 Å². The minimum absolute atomic E-state index is 0.0554. The zero-order valence-electron chi connectivity index (χ0n) is 17.9. The molecule has 6 nitrogen and oxygen atoms in total. The fraction of sp³-hybridized carbons (Fsp3) is 0.348. The number of carbonyl (C=O) groups excluding carboxylic acids is 1. The predicted octanol–water partition coefficient (Wildman–Crippen LogP) is 4.87. The van der Waals surface area contributed by atoms with Crippen LogP contribution in [0.2, 0.25) is 0 Å². The predicted molar refractivity (Wildman–Crippen MR) is 128 cm³/mol. The lowest BCUT2D eigenvalue weighted by Crippen LogP contribution is -2.44. The largest absolute Gasteiger partial charge is 0.348 e. The number of piperidine rings is 1. The summed E-state index contributed by atoms with van der Waals surface area (Å²) in [5.74, 6) is 0.0554. The topological polar surface area (TPSA) is 63.1 Å². The Kier molecular flexibility index (Phi) is 5.27. The van der Waals surface area contributed by atoms with E-state index in [-0.39, 0.29) is 11.9 Å². The van der Waals surface area contributed by atoms with Gasteiger partial charge in [0, 0.05) is 19.1 Å². The van der Waals surface area contributed by atoms with Gasteiger partial charge in [-0.3, -0.25) is 4.79 Å². The number of fused-ring (bicyclic) bond motifs is 1. The smallest absolute Gasteiger partial charge is 0.261 e. The van der Waals surface area contributed by atoms with Crippen LogP contribution in [0.5, 0.6) is 0 Å². The van der Waals surface area contributed by atoms with Crippen molar-refractivity contribution < 1.29 is 4.79 Å². The molecule has 4 aromatic rings. The lowest BCUT2D eigenvalue weighted by Gasteiger charge is -2.32. The van der Waals surface area contributed by atoms with Crippen molar-refractivity contribution in [2.75, 3.05) is 18.0 Å². The third-order valence-corrected chi connectivity index (χ3v) is 8.02. The maximum atomic E-state index is 12.5. The van der Waals surface area contributed by atoms with Gasteiger partial charge in [0.1, 0.15) is 0 Å². The van der Waals surface area contributed by atoms with E-state index in [0.29, 0.717) is 0 Å². The molecule has 0 aliphatic carbocycles. The fourth-order valence-electron chi connectivity index (χ4n) is 4.07. The Balaban J connectivity index is 1.31. The molecule has 1 amide bonds. The van der Waals surface area contributed by atoms with Gasteiger partial charge in [-0.05, 0) is 68.3 Å². The molecular formula is C23H25N5OS2. The van der Waals surface area contributed by atoms with Gasteiger partial charge >= 0.3 is 0 Å². The molecule has 31 heavy (non-hydrogen) atoms. The van der Waals surface area contributed by atoms with E-state index in [4.69, 9.17) is 10.1 Å². The molecule has 1 aliphatic heterocycles. The minimum Gasteiger partial charge on any atom is -0.348 e. The Morgan fingerprint density at radius 1 is 1.16 bits per heavy atom. The van der Waals surface area contributed by atoms with E-state index < -0.39 is 0 Å². The lowest BCUT2D eigenvalue weighted by atomic mass is 10.1. The van der Waals surface area contributed by atoms with Gasteiger partial charge < -0.3 is 10.2 Å². The molecule has 1 fully saturated rings. The van der Waals surface area contributed by atoms with Gasteiger partial charge in [0.15, 0.2) is 10.8 Å². The molecule has 1 saturated heterocycles. The molecular weight excluding hydrogens is 426 g/mol. The number of nitrogens with zero attached hydrogens (tertiary/aromatic N) is 4. The summed E-state index contributed by atoms with van der Waals surface area (Å²) in [6, 6.07) is 10.6. The molecule has 1 aliphatic rings. The summed E-state index contributed by atoms with van der Waals surface area (Å²) in [4.78, 5) is 20.6. The molecule has 1 N–H and O–H groups in total. The second-order valence-electron chi connectivity index (χ2n) is 8.15. The third-order valence-electron chi connectivity index (χ3n) is 5.79. The first-order valence-corrected chi connectivity index (χ1v) is 12.2. The number of hydrogen-bond acceptors (Lipinski definition) is 6. The molecule has 0 saturated carbocycles. The first-order valence-electron chi connectivity index (χ1n) is 10.5. The highest BCUT2D eigenvalue weighted by Gasteiger charge is 2.25. The second-order valence-corrected chi connectivity index (χ2v) is 10.0. The van der Waals surface area contributed by atoms with Crippen LogP contribution >= 0.6 is 22.7 Å². The molecule has 0 unspecified atom stereocenters. The van der Waals surface area contributed by atoms with E-state index in [1.165, 1.54) is 16.9 Å². The van der Waals surface area contributed by atoms with Crippen LogP contribution in [0.1, 0.15) is 39.3 Å². The lowest BCUT2D eigenvalue weighted by molar-refractivity contribution is 0.0934. The molecule has 0 bridgehead atoms. The van der Waals surface area contributed by atoms with Crippen molar-refractivity contribution in [3.8, 4) is 5.69 Å². The van der Waals surface area contributed by atoms with E-state index in [2.05, 4.69) is 41.4 Å². The number of thiophene rings is 1. The number of nitrogens with one attached hydrogen (secondary N) is 1. The van der Waals surface area contributed by atoms with E-state index in [1.54, 1.807) is 11.3 Å². The van der Waals surface area contributed by atoms with Gasteiger partial charge in [-0.25, -0.2) is 4.68 Å². The number of benzene rings is 1. The molecule has 0 spiro atoms. The number of hydrogen-bond donors (Lipinski definition) is 1. The highest BCUT2D eigenvalue weighted by Crippen LogP contribution is 2.34. The van der Waals surface area contributed by atoms with E-state index in [0.717, 1.165) is 63.2 Å². The van der Waals surface area contributed by atoms with Gasteiger partial charge in [-0.15, -0.1) is 11.3 Å². The van der Waals surface area contributed by atoms with Crippen molar-refractivity contribution in [1.29, 1.82) is 0 Å². The summed E-state index contributed by atoms with van der Waals surface area (Å²) in [6.45, 7) is 7.90. The Morgan fingerprint density at radius 3 is 2.68 bits per heavy atom. The van der Waals surface area contributed by atoms with Crippen LogP contribution < -0.4 is 10.2 Å². The van der Waals surface area contributed by atoms with Crippen molar-refractivity contribution in [3.05, 3.63) is 57.4 Å².